The molecule has 1 saturated heterocycles. The molecule has 106 valence electrons. The fraction of sp³-hybridized carbons (Fsp3) is 0.385. The van der Waals surface area contributed by atoms with Gasteiger partial charge in [0.2, 0.25) is 5.91 Å². The van der Waals surface area contributed by atoms with Gasteiger partial charge in [-0.2, -0.15) is 0 Å². The number of halogens is 2. The predicted molar refractivity (Wildman–Crippen MR) is 85.0 cm³/mol. The molecule has 0 radical (unpaired) electrons. The highest BCUT2D eigenvalue weighted by Gasteiger charge is 2.20. The highest BCUT2D eigenvalue weighted by atomic mass is 35.5. The van der Waals surface area contributed by atoms with Gasteiger partial charge in [-0.25, -0.2) is 4.98 Å². The minimum absolute atomic E-state index is 0.259. The molecule has 3 heterocycles. The maximum atomic E-state index is 11.5. The van der Waals surface area contributed by atoms with Gasteiger partial charge < -0.3 is 4.90 Å². The van der Waals surface area contributed by atoms with Gasteiger partial charge >= 0.3 is 0 Å². The van der Waals surface area contributed by atoms with Gasteiger partial charge in [-0.3, -0.25) is 4.79 Å². The van der Waals surface area contributed by atoms with Gasteiger partial charge in [-0.15, -0.1) is 22.7 Å². The quantitative estimate of drug-likeness (QED) is 0.824. The van der Waals surface area contributed by atoms with Crippen molar-refractivity contribution in [3.63, 3.8) is 0 Å². The third-order valence-electron chi connectivity index (χ3n) is 3.25. The zero-order valence-corrected chi connectivity index (χ0v) is 13.7. The van der Waals surface area contributed by atoms with Gasteiger partial charge in [-0.05, 0) is 12.5 Å². The van der Waals surface area contributed by atoms with Gasteiger partial charge in [0.25, 0.3) is 0 Å². The number of rotatable bonds is 4. The standard InChI is InChI=1S/C13H12Cl2N2OS2/c14-10-6-8(13(15)20-10)9-7-19-11(16-9)3-5-17-4-1-2-12(17)18/h6-7H,1-5H2. The molecular formula is C13H12Cl2N2OS2. The minimum Gasteiger partial charge on any atom is -0.342 e. The van der Waals surface area contributed by atoms with Crippen LogP contribution in [-0.2, 0) is 11.2 Å². The normalized spacial score (nSPS) is 15.3. The van der Waals surface area contributed by atoms with Crippen molar-refractivity contribution in [1.29, 1.82) is 0 Å². The summed E-state index contributed by atoms with van der Waals surface area (Å²) in [7, 11) is 0. The number of carbonyl (C=O) groups is 1. The van der Waals surface area contributed by atoms with Crippen LogP contribution in [0, 0.1) is 0 Å². The zero-order chi connectivity index (χ0) is 14.1. The van der Waals surface area contributed by atoms with E-state index in [0.29, 0.717) is 15.1 Å². The van der Waals surface area contributed by atoms with Crippen LogP contribution in [0.5, 0.6) is 0 Å². The summed E-state index contributed by atoms with van der Waals surface area (Å²) < 4.78 is 1.34. The molecule has 3 rings (SSSR count). The summed E-state index contributed by atoms with van der Waals surface area (Å²) in [6, 6.07) is 1.84. The van der Waals surface area contributed by atoms with Crippen LogP contribution in [0.1, 0.15) is 17.8 Å². The van der Waals surface area contributed by atoms with E-state index in [-0.39, 0.29) is 5.91 Å². The highest BCUT2D eigenvalue weighted by Crippen LogP contribution is 2.38. The Labute approximate surface area is 135 Å². The number of carbonyl (C=O) groups excluding carboxylic acids is 1. The number of thiazole rings is 1. The van der Waals surface area contributed by atoms with E-state index >= 15 is 0 Å². The van der Waals surface area contributed by atoms with Crippen molar-refractivity contribution in [2.45, 2.75) is 19.3 Å². The van der Waals surface area contributed by atoms with E-state index in [1.807, 2.05) is 16.3 Å². The molecule has 0 bridgehead atoms. The summed E-state index contributed by atoms with van der Waals surface area (Å²) in [4.78, 5) is 18.0. The van der Waals surface area contributed by atoms with Crippen LogP contribution in [0.25, 0.3) is 11.3 Å². The fourth-order valence-electron chi connectivity index (χ4n) is 2.24. The monoisotopic (exact) mass is 346 g/mol. The van der Waals surface area contributed by atoms with E-state index in [1.54, 1.807) is 11.3 Å². The Morgan fingerprint density at radius 2 is 2.25 bits per heavy atom. The molecule has 0 saturated carbocycles. The van der Waals surface area contributed by atoms with E-state index in [4.69, 9.17) is 23.2 Å². The van der Waals surface area contributed by atoms with Crippen molar-refractivity contribution in [2.75, 3.05) is 13.1 Å². The molecule has 7 heteroatoms. The topological polar surface area (TPSA) is 33.2 Å². The number of likely N-dealkylation sites (tertiary alicyclic amines) is 1. The lowest BCUT2D eigenvalue weighted by Gasteiger charge is -2.13. The lowest BCUT2D eigenvalue weighted by Crippen LogP contribution is -2.26. The van der Waals surface area contributed by atoms with E-state index in [2.05, 4.69) is 4.98 Å². The molecule has 20 heavy (non-hydrogen) atoms. The summed E-state index contributed by atoms with van der Waals surface area (Å²) >= 11 is 15.0. The molecule has 0 aliphatic carbocycles. The van der Waals surface area contributed by atoms with E-state index in [1.165, 1.54) is 11.3 Å². The zero-order valence-electron chi connectivity index (χ0n) is 10.6. The van der Waals surface area contributed by atoms with Crippen LogP contribution in [0.2, 0.25) is 8.67 Å². The third-order valence-corrected chi connectivity index (χ3v) is 5.65. The average Bonchev–Trinajstić information content (AvgIpc) is 3.08. The van der Waals surface area contributed by atoms with Crippen molar-refractivity contribution in [2.24, 2.45) is 0 Å². The van der Waals surface area contributed by atoms with Gasteiger partial charge in [0.15, 0.2) is 0 Å². The summed E-state index contributed by atoms with van der Waals surface area (Å²) in [5.74, 6) is 0.259. The van der Waals surface area contributed by atoms with Crippen molar-refractivity contribution in [3.8, 4) is 11.3 Å². The lowest BCUT2D eigenvalue weighted by molar-refractivity contribution is -0.127. The second kappa shape index (κ2) is 6.02. The van der Waals surface area contributed by atoms with Crippen molar-refractivity contribution < 1.29 is 4.79 Å². The SMILES string of the molecule is O=C1CCCN1CCc1nc(-c2cc(Cl)sc2Cl)cs1. The maximum Gasteiger partial charge on any atom is 0.222 e. The molecule has 1 fully saturated rings. The molecule has 1 amide bonds. The summed E-state index contributed by atoms with van der Waals surface area (Å²) in [5, 5.41) is 3.02. The average molecular weight is 347 g/mol. The second-order valence-electron chi connectivity index (χ2n) is 4.60. The van der Waals surface area contributed by atoms with Crippen molar-refractivity contribution in [3.05, 3.63) is 25.1 Å². The number of nitrogens with zero attached hydrogens (tertiary/aromatic N) is 2. The lowest BCUT2D eigenvalue weighted by atomic mass is 10.3. The number of thiophene rings is 1. The van der Waals surface area contributed by atoms with Crippen LogP contribution in [0.4, 0.5) is 0 Å². The molecule has 0 spiro atoms. The maximum absolute atomic E-state index is 11.5. The fourth-order valence-corrected chi connectivity index (χ4v) is 4.50. The molecule has 0 aromatic carbocycles. The van der Waals surface area contributed by atoms with E-state index in [9.17, 15) is 4.79 Å². The number of hydrogen-bond acceptors (Lipinski definition) is 4. The molecule has 1 aliphatic rings. The van der Waals surface area contributed by atoms with Crippen LogP contribution >= 0.6 is 45.9 Å². The molecule has 2 aromatic heterocycles. The Kier molecular flexibility index (Phi) is 4.31. The van der Waals surface area contributed by atoms with Crippen molar-refractivity contribution in [1.82, 2.24) is 9.88 Å². The highest BCUT2D eigenvalue weighted by molar-refractivity contribution is 7.20. The molecule has 2 aromatic rings. The molecule has 0 atom stereocenters. The third kappa shape index (κ3) is 3.01. The predicted octanol–water partition coefficient (Wildman–Crippen LogP) is 4.34. The Morgan fingerprint density at radius 3 is 2.90 bits per heavy atom. The van der Waals surface area contributed by atoms with E-state index in [0.717, 1.165) is 42.2 Å². The van der Waals surface area contributed by atoms with Gasteiger partial charge in [-0.1, -0.05) is 23.2 Å². The van der Waals surface area contributed by atoms with Crippen LogP contribution in [0.15, 0.2) is 11.4 Å². The first kappa shape index (κ1) is 14.3. The second-order valence-corrected chi connectivity index (χ2v) is 7.83. The summed E-state index contributed by atoms with van der Waals surface area (Å²) in [6.45, 7) is 1.63. The molecule has 0 unspecified atom stereocenters. The van der Waals surface area contributed by atoms with E-state index < -0.39 is 0 Å². The first-order valence-electron chi connectivity index (χ1n) is 6.31. The van der Waals surface area contributed by atoms with Crippen molar-refractivity contribution >= 4 is 51.8 Å². The van der Waals surface area contributed by atoms with Crippen LogP contribution in [-0.4, -0.2) is 28.9 Å². The number of amides is 1. The summed E-state index contributed by atoms with van der Waals surface area (Å²) in [6.07, 6.45) is 2.46. The summed E-state index contributed by atoms with van der Waals surface area (Å²) in [5.41, 5.74) is 1.76. The minimum atomic E-state index is 0.259. The Hall–Kier alpha value is -0.620. The van der Waals surface area contributed by atoms with Crippen LogP contribution < -0.4 is 0 Å². The van der Waals surface area contributed by atoms with Gasteiger partial charge in [0, 0.05) is 36.9 Å². The Morgan fingerprint density at radius 1 is 1.40 bits per heavy atom. The smallest absolute Gasteiger partial charge is 0.222 e. The first-order valence-corrected chi connectivity index (χ1v) is 8.76. The number of aromatic nitrogens is 1. The van der Waals surface area contributed by atoms with Crippen LogP contribution in [0.3, 0.4) is 0 Å². The largest absolute Gasteiger partial charge is 0.342 e. The molecule has 0 N–H and O–H groups in total. The molecule has 3 nitrogen and oxygen atoms in total. The Bertz CT molecular complexity index is 638. The Balaban J connectivity index is 1.68. The number of hydrogen-bond donors (Lipinski definition) is 0. The molecule has 1 aliphatic heterocycles. The van der Waals surface area contributed by atoms with Gasteiger partial charge in [0.1, 0.15) is 4.34 Å². The molecular weight excluding hydrogens is 335 g/mol. The van der Waals surface area contributed by atoms with Gasteiger partial charge in [0.05, 0.1) is 15.0 Å². The first-order chi connectivity index (χ1) is 9.63.